The first-order valence-corrected chi connectivity index (χ1v) is 11.3. The highest BCUT2D eigenvalue weighted by Gasteiger charge is 2.72. The lowest BCUT2D eigenvalue weighted by Crippen LogP contribution is -2.63. The molecular weight excluding hydrogens is 428 g/mol. The van der Waals surface area contributed by atoms with Crippen LogP contribution in [0.4, 0.5) is 0 Å². The van der Waals surface area contributed by atoms with Gasteiger partial charge in [0, 0.05) is 22.8 Å². The molecule has 3 unspecified atom stereocenters. The standard InChI is InChI=1S/C24H24N2O5S/c1-12(2)13-7-8-15-18(11-13)31-24(29)16-5-4-6-17(25)19(16)20(27)23(15,24)26-21(28)14-9-10-32-22(14)30-3/h4-5,7-12,17,29H,6,25H2,1-3H3,(H,26,28). The van der Waals surface area contributed by atoms with Gasteiger partial charge < -0.3 is 25.6 Å². The van der Waals surface area contributed by atoms with Crippen LogP contribution >= 0.6 is 11.3 Å². The monoisotopic (exact) mass is 452 g/mol. The molecule has 1 aromatic heterocycles. The number of carbonyl (C=O) groups is 2. The van der Waals surface area contributed by atoms with Crippen LogP contribution < -0.4 is 20.5 Å². The largest absolute Gasteiger partial charge is 0.487 e. The Bertz CT molecular complexity index is 1210. The molecule has 1 aliphatic heterocycles. The van der Waals surface area contributed by atoms with Gasteiger partial charge in [-0.2, -0.15) is 0 Å². The van der Waals surface area contributed by atoms with Crippen LogP contribution in [0.15, 0.2) is 52.9 Å². The molecule has 0 saturated carbocycles. The van der Waals surface area contributed by atoms with Crippen LogP contribution in [0.3, 0.4) is 0 Å². The van der Waals surface area contributed by atoms with Gasteiger partial charge in [0.05, 0.1) is 12.7 Å². The van der Waals surface area contributed by atoms with Gasteiger partial charge in [0.2, 0.25) is 5.54 Å². The number of ketones is 1. The van der Waals surface area contributed by atoms with Crippen LogP contribution in [-0.2, 0) is 10.3 Å². The third kappa shape index (κ3) is 2.54. The molecule has 3 atom stereocenters. The topological polar surface area (TPSA) is 111 Å². The van der Waals surface area contributed by atoms with Crippen LogP contribution in [0.1, 0.15) is 47.7 Å². The Hall–Kier alpha value is -2.94. The van der Waals surface area contributed by atoms with Crippen molar-refractivity contribution in [2.75, 3.05) is 7.11 Å². The zero-order valence-corrected chi connectivity index (χ0v) is 18.8. The minimum atomic E-state index is -2.11. The average molecular weight is 453 g/mol. The maximum Gasteiger partial charge on any atom is 0.270 e. The highest BCUT2D eigenvalue weighted by Crippen LogP contribution is 2.58. The molecule has 1 aromatic carbocycles. The normalized spacial score (nSPS) is 27.8. The Morgan fingerprint density at radius 3 is 2.88 bits per heavy atom. The van der Waals surface area contributed by atoms with Crippen molar-refractivity contribution < 1.29 is 24.2 Å². The number of methoxy groups -OCH3 is 1. The zero-order valence-electron chi connectivity index (χ0n) is 18.0. The number of hydrogen-bond acceptors (Lipinski definition) is 7. The SMILES string of the molecule is COc1sccc1C(=O)NC12C(=O)C3=C(C=CCC3N)C1(O)Oc1cc(C(C)C)ccc12. The van der Waals surface area contributed by atoms with Crippen molar-refractivity contribution in [3.63, 3.8) is 0 Å². The van der Waals surface area contributed by atoms with Gasteiger partial charge >= 0.3 is 0 Å². The smallest absolute Gasteiger partial charge is 0.270 e. The van der Waals surface area contributed by atoms with Gasteiger partial charge in [-0.3, -0.25) is 9.59 Å². The zero-order chi connectivity index (χ0) is 22.8. The lowest BCUT2D eigenvalue weighted by Gasteiger charge is -2.35. The van der Waals surface area contributed by atoms with Gasteiger partial charge in [-0.05, 0) is 35.4 Å². The maximum absolute atomic E-state index is 13.9. The van der Waals surface area contributed by atoms with Crippen molar-refractivity contribution in [1.29, 1.82) is 0 Å². The number of Topliss-reactive ketones (excluding diaryl/α,β-unsaturated/α-hetero) is 1. The first-order valence-electron chi connectivity index (χ1n) is 10.5. The number of benzene rings is 1. The summed E-state index contributed by atoms with van der Waals surface area (Å²) in [5.74, 6) is -2.52. The van der Waals surface area contributed by atoms with Crippen molar-refractivity contribution in [3.8, 4) is 10.8 Å². The molecule has 7 nitrogen and oxygen atoms in total. The summed E-state index contributed by atoms with van der Waals surface area (Å²) >= 11 is 1.27. The van der Waals surface area contributed by atoms with E-state index in [0.717, 1.165) is 5.56 Å². The number of ether oxygens (including phenoxy) is 2. The average Bonchev–Trinajstić information content (AvgIpc) is 3.38. The summed E-state index contributed by atoms with van der Waals surface area (Å²) in [6.07, 6.45) is 3.94. The summed E-state index contributed by atoms with van der Waals surface area (Å²) < 4.78 is 11.4. The molecule has 166 valence electrons. The molecule has 0 saturated heterocycles. The summed E-state index contributed by atoms with van der Waals surface area (Å²) in [6, 6.07) is 6.47. The van der Waals surface area contributed by atoms with E-state index in [-0.39, 0.29) is 17.1 Å². The molecule has 5 rings (SSSR count). The number of rotatable bonds is 4. The van der Waals surface area contributed by atoms with Gasteiger partial charge in [0.25, 0.3) is 11.7 Å². The second-order valence-corrected chi connectivity index (χ2v) is 9.47. The van der Waals surface area contributed by atoms with Crippen LogP contribution in [0.5, 0.6) is 10.8 Å². The van der Waals surface area contributed by atoms with Gasteiger partial charge in [0.1, 0.15) is 5.75 Å². The van der Waals surface area contributed by atoms with E-state index in [1.54, 1.807) is 29.7 Å². The van der Waals surface area contributed by atoms with Crippen molar-refractivity contribution in [1.82, 2.24) is 5.32 Å². The second-order valence-electron chi connectivity index (χ2n) is 8.59. The Morgan fingerprint density at radius 2 is 2.16 bits per heavy atom. The third-order valence-corrected chi connectivity index (χ3v) is 7.36. The van der Waals surface area contributed by atoms with Gasteiger partial charge in [-0.15, -0.1) is 11.3 Å². The number of thiophene rings is 1. The van der Waals surface area contributed by atoms with E-state index in [2.05, 4.69) is 5.32 Å². The molecule has 2 aromatic rings. The van der Waals surface area contributed by atoms with E-state index in [4.69, 9.17) is 15.2 Å². The number of aliphatic hydroxyl groups is 1. The van der Waals surface area contributed by atoms with Crippen LogP contribution in [0, 0.1) is 0 Å². The number of amides is 1. The molecule has 2 heterocycles. The van der Waals surface area contributed by atoms with E-state index in [0.29, 0.717) is 28.4 Å². The van der Waals surface area contributed by atoms with E-state index >= 15 is 0 Å². The summed E-state index contributed by atoms with van der Waals surface area (Å²) in [5.41, 5.74) is 6.66. The number of carbonyl (C=O) groups excluding carboxylic acids is 2. The summed E-state index contributed by atoms with van der Waals surface area (Å²) in [5, 5.41) is 16.9. The Kier molecular flexibility index (Phi) is 4.60. The summed E-state index contributed by atoms with van der Waals surface area (Å²) in [7, 11) is 1.48. The molecule has 3 aliphatic rings. The lowest BCUT2D eigenvalue weighted by molar-refractivity contribution is -0.154. The lowest BCUT2D eigenvalue weighted by atomic mass is 9.80. The highest BCUT2D eigenvalue weighted by atomic mass is 32.1. The Balaban J connectivity index is 1.70. The molecule has 1 amide bonds. The van der Waals surface area contributed by atoms with E-state index in [1.807, 2.05) is 26.0 Å². The molecular formula is C24H24N2O5S. The Morgan fingerprint density at radius 1 is 1.38 bits per heavy atom. The molecule has 4 N–H and O–H groups in total. The minimum absolute atomic E-state index is 0.216. The molecule has 0 radical (unpaired) electrons. The number of fused-ring (bicyclic) bond motifs is 4. The van der Waals surface area contributed by atoms with E-state index < -0.39 is 29.1 Å². The summed E-state index contributed by atoms with van der Waals surface area (Å²) in [4.78, 5) is 27.3. The predicted molar refractivity (Wildman–Crippen MR) is 120 cm³/mol. The molecule has 0 bridgehead atoms. The van der Waals surface area contributed by atoms with Crippen LogP contribution in [-0.4, -0.2) is 35.7 Å². The Labute approximate surface area is 189 Å². The fourth-order valence-corrected chi connectivity index (χ4v) is 5.55. The predicted octanol–water partition coefficient (Wildman–Crippen LogP) is 2.75. The van der Waals surface area contributed by atoms with Crippen molar-refractivity contribution in [2.45, 2.75) is 43.6 Å². The quantitative estimate of drug-likeness (QED) is 0.658. The van der Waals surface area contributed by atoms with Crippen molar-refractivity contribution in [3.05, 3.63) is 69.6 Å². The van der Waals surface area contributed by atoms with Gasteiger partial charge in [-0.25, -0.2) is 0 Å². The first-order chi connectivity index (χ1) is 15.2. The fourth-order valence-electron chi connectivity index (χ4n) is 4.84. The molecule has 2 aliphatic carbocycles. The minimum Gasteiger partial charge on any atom is -0.487 e. The number of nitrogens with two attached hydrogens (primary N) is 1. The van der Waals surface area contributed by atoms with E-state index in [9.17, 15) is 14.7 Å². The first kappa shape index (κ1) is 20.9. The van der Waals surface area contributed by atoms with Gasteiger partial charge in [0.15, 0.2) is 10.8 Å². The molecule has 0 fully saturated rings. The maximum atomic E-state index is 13.9. The van der Waals surface area contributed by atoms with Crippen molar-refractivity contribution in [2.24, 2.45) is 5.73 Å². The molecule has 0 spiro atoms. The molecule has 32 heavy (non-hydrogen) atoms. The third-order valence-electron chi connectivity index (χ3n) is 6.49. The number of hydrogen-bond donors (Lipinski definition) is 3. The molecule has 8 heteroatoms. The second kappa shape index (κ2) is 7.03. The van der Waals surface area contributed by atoms with E-state index in [1.165, 1.54) is 18.4 Å². The fraction of sp³-hybridized carbons (Fsp3) is 0.333. The van der Waals surface area contributed by atoms with Crippen LogP contribution in [0.2, 0.25) is 0 Å². The van der Waals surface area contributed by atoms with Crippen LogP contribution in [0.25, 0.3) is 0 Å². The van der Waals surface area contributed by atoms with Crippen molar-refractivity contribution >= 4 is 23.0 Å². The number of nitrogens with one attached hydrogen (secondary N) is 1. The van der Waals surface area contributed by atoms with Gasteiger partial charge in [-0.1, -0.05) is 38.1 Å². The highest BCUT2D eigenvalue weighted by molar-refractivity contribution is 7.12. The summed E-state index contributed by atoms with van der Waals surface area (Å²) in [6.45, 7) is 4.09.